The van der Waals surface area contributed by atoms with Gasteiger partial charge in [0.2, 0.25) is 11.8 Å². The molecule has 0 radical (unpaired) electrons. The molecule has 33 heavy (non-hydrogen) atoms. The van der Waals surface area contributed by atoms with Gasteiger partial charge < -0.3 is 5.32 Å². The number of anilines is 2. The van der Waals surface area contributed by atoms with E-state index in [-0.39, 0.29) is 24.2 Å². The van der Waals surface area contributed by atoms with Gasteiger partial charge in [0, 0.05) is 24.1 Å². The zero-order valence-electron chi connectivity index (χ0n) is 17.0. The van der Waals surface area contributed by atoms with Crippen LogP contribution in [0.15, 0.2) is 61.1 Å². The lowest BCUT2D eigenvalue weighted by Crippen LogP contribution is -2.45. The molecule has 0 spiro atoms. The van der Waals surface area contributed by atoms with Gasteiger partial charge in [-0.15, -0.1) is 0 Å². The average molecular weight is 445 g/mol. The van der Waals surface area contributed by atoms with Crippen molar-refractivity contribution in [2.45, 2.75) is 12.8 Å². The van der Waals surface area contributed by atoms with Gasteiger partial charge in [0.05, 0.1) is 17.3 Å². The third-order valence-corrected chi connectivity index (χ3v) is 5.09. The molecule has 5 rings (SSSR count). The first-order valence-corrected chi connectivity index (χ1v) is 9.98. The lowest BCUT2D eigenvalue weighted by Gasteiger charge is -2.15. The van der Waals surface area contributed by atoms with E-state index in [2.05, 4.69) is 25.8 Å². The summed E-state index contributed by atoms with van der Waals surface area (Å²) < 4.78 is 15.1. The molecular weight excluding hydrogens is 429 g/mol. The van der Waals surface area contributed by atoms with Gasteiger partial charge >= 0.3 is 0 Å². The summed E-state index contributed by atoms with van der Waals surface area (Å²) in [6, 6.07) is 12.4. The van der Waals surface area contributed by atoms with Crippen molar-refractivity contribution < 1.29 is 18.8 Å². The molecule has 0 saturated carbocycles. The molecule has 3 heterocycles. The number of rotatable bonds is 5. The highest BCUT2D eigenvalue weighted by atomic mass is 19.1. The minimum atomic E-state index is -0.564. The van der Waals surface area contributed by atoms with Crippen LogP contribution in [0.5, 0.6) is 0 Å². The van der Waals surface area contributed by atoms with Gasteiger partial charge in [-0.1, -0.05) is 6.07 Å². The van der Waals surface area contributed by atoms with Crippen LogP contribution in [0.3, 0.4) is 0 Å². The highest BCUT2D eigenvalue weighted by Gasteiger charge is 2.30. The lowest BCUT2D eigenvalue weighted by molar-refractivity contribution is -0.141. The minimum absolute atomic E-state index is 0.0885. The van der Waals surface area contributed by atoms with Crippen molar-refractivity contribution in [3.05, 3.63) is 72.4 Å². The van der Waals surface area contributed by atoms with E-state index in [9.17, 15) is 18.8 Å². The molecule has 1 fully saturated rings. The summed E-state index contributed by atoms with van der Waals surface area (Å²) in [7, 11) is 0. The average Bonchev–Trinajstić information content (AvgIpc) is 3.39. The zero-order valence-corrected chi connectivity index (χ0v) is 17.0. The van der Waals surface area contributed by atoms with Crippen molar-refractivity contribution in [3.8, 4) is 5.69 Å². The Labute approximate surface area is 186 Å². The molecule has 1 aliphatic heterocycles. The molecule has 10 nitrogen and oxygen atoms in total. The third kappa shape index (κ3) is 3.87. The van der Waals surface area contributed by atoms with Crippen LogP contribution >= 0.6 is 0 Å². The SMILES string of the molecule is O=C(NN1C(=O)CCC1=O)c1ccc(Nc2ncnc3c2cnn3-c2cccc(F)c2)cc1. The number of halogens is 1. The van der Waals surface area contributed by atoms with Crippen molar-refractivity contribution in [2.24, 2.45) is 0 Å². The number of imide groups is 1. The summed E-state index contributed by atoms with van der Waals surface area (Å²) in [6.07, 6.45) is 3.12. The Morgan fingerprint density at radius 3 is 2.48 bits per heavy atom. The van der Waals surface area contributed by atoms with Gasteiger partial charge in [0.1, 0.15) is 18.0 Å². The first-order chi connectivity index (χ1) is 16.0. The number of hydrogen-bond acceptors (Lipinski definition) is 7. The van der Waals surface area contributed by atoms with E-state index in [0.717, 1.165) is 5.01 Å². The Morgan fingerprint density at radius 2 is 1.76 bits per heavy atom. The molecule has 11 heteroatoms. The number of nitrogens with zero attached hydrogens (tertiary/aromatic N) is 5. The quantitative estimate of drug-likeness (QED) is 0.453. The third-order valence-electron chi connectivity index (χ3n) is 5.09. The first kappa shape index (κ1) is 20.2. The van der Waals surface area contributed by atoms with Gasteiger partial charge in [-0.3, -0.25) is 19.8 Å². The molecule has 0 aliphatic carbocycles. The Morgan fingerprint density at radius 1 is 1.00 bits per heavy atom. The van der Waals surface area contributed by atoms with E-state index >= 15 is 0 Å². The van der Waals surface area contributed by atoms with Crippen molar-refractivity contribution in [1.82, 2.24) is 30.2 Å². The van der Waals surface area contributed by atoms with Crippen LogP contribution in [0.25, 0.3) is 16.7 Å². The smallest absolute Gasteiger partial charge is 0.270 e. The number of amides is 3. The molecule has 0 atom stereocenters. The molecule has 2 aromatic heterocycles. The van der Waals surface area contributed by atoms with Crippen LogP contribution in [-0.2, 0) is 9.59 Å². The normalized spacial score (nSPS) is 13.5. The highest BCUT2D eigenvalue weighted by molar-refractivity contribution is 6.05. The number of fused-ring (bicyclic) bond motifs is 1. The van der Waals surface area contributed by atoms with Gasteiger partial charge in [-0.05, 0) is 42.5 Å². The monoisotopic (exact) mass is 445 g/mol. The van der Waals surface area contributed by atoms with Crippen LogP contribution in [0, 0.1) is 5.82 Å². The molecule has 4 aromatic rings. The molecule has 2 N–H and O–H groups in total. The van der Waals surface area contributed by atoms with Gasteiger partial charge in [0.15, 0.2) is 5.65 Å². The van der Waals surface area contributed by atoms with Crippen LogP contribution in [0.4, 0.5) is 15.9 Å². The summed E-state index contributed by atoms with van der Waals surface area (Å²) in [5.41, 5.74) is 4.26. The second kappa shape index (κ2) is 8.11. The number of hydrogen-bond donors (Lipinski definition) is 2. The van der Waals surface area contributed by atoms with Crippen LogP contribution < -0.4 is 10.7 Å². The number of carbonyl (C=O) groups excluding carboxylic acids is 3. The van der Waals surface area contributed by atoms with Crippen molar-refractivity contribution >= 4 is 40.3 Å². The van der Waals surface area contributed by atoms with Crippen LogP contribution in [0.1, 0.15) is 23.2 Å². The molecule has 0 bridgehead atoms. The number of benzene rings is 2. The standard InChI is InChI=1S/C22H16FN7O3/c23-14-2-1-3-16(10-14)29-21-17(11-26-29)20(24-12-25-21)27-15-6-4-13(5-7-15)22(33)28-30-18(31)8-9-19(30)32/h1-7,10-12H,8-9H2,(H,28,33)(H,24,25,27). The second-order valence-electron chi connectivity index (χ2n) is 7.26. The molecule has 3 amide bonds. The summed E-state index contributed by atoms with van der Waals surface area (Å²) in [4.78, 5) is 44.2. The fraction of sp³-hybridized carbons (Fsp3) is 0.0909. The Bertz CT molecular complexity index is 1380. The molecule has 0 unspecified atom stereocenters. The van der Waals surface area contributed by atoms with E-state index in [1.165, 1.54) is 23.1 Å². The number of nitrogens with one attached hydrogen (secondary N) is 2. The molecule has 1 saturated heterocycles. The summed E-state index contributed by atoms with van der Waals surface area (Å²) in [5, 5.41) is 8.82. The lowest BCUT2D eigenvalue weighted by atomic mass is 10.2. The predicted molar refractivity (Wildman–Crippen MR) is 115 cm³/mol. The van der Waals surface area contributed by atoms with Crippen molar-refractivity contribution in [2.75, 3.05) is 5.32 Å². The number of hydrazine groups is 1. The van der Waals surface area contributed by atoms with Crippen LogP contribution in [-0.4, -0.2) is 42.5 Å². The summed E-state index contributed by atoms with van der Waals surface area (Å²) in [5.74, 6) is -1.33. The fourth-order valence-electron chi connectivity index (χ4n) is 3.45. The molecule has 2 aromatic carbocycles. The Kier molecular flexibility index (Phi) is 4.98. The van der Waals surface area contributed by atoms with E-state index in [4.69, 9.17) is 0 Å². The molecule has 164 valence electrons. The Balaban J connectivity index is 1.35. The summed E-state index contributed by atoms with van der Waals surface area (Å²) in [6.45, 7) is 0. The zero-order chi connectivity index (χ0) is 22.9. The molecular formula is C22H16FN7O3. The predicted octanol–water partition coefficient (Wildman–Crippen LogP) is 2.49. The minimum Gasteiger partial charge on any atom is -0.340 e. The van der Waals surface area contributed by atoms with Crippen LogP contribution in [0.2, 0.25) is 0 Å². The van der Waals surface area contributed by atoms with E-state index in [1.807, 2.05) is 0 Å². The molecule has 1 aliphatic rings. The summed E-state index contributed by atoms with van der Waals surface area (Å²) >= 11 is 0. The van der Waals surface area contributed by atoms with E-state index < -0.39 is 17.7 Å². The largest absolute Gasteiger partial charge is 0.340 e. The highest BCUT2D eigenvalue weighted by Crippen LogP contribution is 2.25. The maximum Gasteiger partial charge on any atom is 0.270 e. The van der Waals surface area contributed by atoms with Crippen molar-refractivity contribution in [1.29, 1.82) is 0 Å². The van der Waals surface area contributed by atoms with Gasteiger partial charge in [0.25, 0.3) is 5.91 Å². The fourth-order valence-corrected chi connectivity index (χ4v) is 3.45. The first-order valence-electron chi connectivity index (χ1n) is 9.98. The second-order valence-corrected chi connectivity index (χ2v) is 7.26. The van der Waals surface area contributed by atoms with E-state index in [0.29, 0.717) is 28.2 Å². The van der Waals surface area contributed by atoms with Gasteiger partial charge in [-0.2, -0.15) is 10.1 Å². The maximum absolute atomic E-state index is 13.6. The number of carbonyl (C=O) groups is 3. The van der Waals surface area contributed by atoms with Gasteiger partial charge in [-0.25, -0.2) is 19.0 Å². The Hall–Kier alpha value is -4.67. The van der Waals surface area contributed by atoms with E-state index in [1.54, 1.807) is 42.6 Å². The maximum atomic E-state index is 13.6. The van der Waals surface area contributed by atoms with Crippen molar-refractivity contribution in [3.63, 3.8) is 0 Å². The number of aromatic nitrogens is 4. The topological polar surface area (TPSA) is 122 Å².